The number of hydrogen-bond acceptors (Lipinski definition) is 6. The van der Waals surface area contributed by atoms with E-state index in [2.05, 4.69) is 0 Å². The van der Waals surface area contributed by atoms with E-state index < -0.39 is 5.60 Å². The van der Waals surface area contributed by atoms with Crippen LogP contribution in [0, 0.1) is 0 Å². The van der Waals surface area contributed by atoms with Crippen LogP contribution in [0.5, 0.6) is 11.5 Å². The molecule has 2 aromatic heterocycles. The Morgan fingerprint density at radius 2 is 1.96 bits per heavy atom. The summed E-state index contributed by atoms with van der Waals surface area (Å²) >= 11 is 0. The number of pyridine rings is 2. The Morgan fingerprint density at radius 1 is 1.18 bits per heavy atom. The number of carbonyl (C=O) groups is 1. The number of fused-ring (bicyclic) bond motifs is 6. The van der Waals surface area contributed by atoms with Gasteiger partial charge in [0.15, 0.2) is 17.3 Å². The molecule has 0 bridgehead atoms. The van der Waals surface area contributed by atoms with Gasteiger partial charge in [-0.15, -0.1) is 0 Å². The van der Waals surface area contributed by atoms with Gasteiger partial charge in [-0.05, 0) is 24.6 Å². The molecule has 6 rings (SSSR count). The highest BCUT2D eigenvalue weighted by Gasteiger charge is 2.46. The Labute approximate surface area is 159 Å². The number of ketones is 1. The first kappa shape index (κ1) is 15.8. The van der Waals surface area contributed by atoms with Crippen LogP contribution in [0.15, 0.2) is 29.1 Å². The summed E-state index contributed by atoms with van der Waals surface area (Å²) in [5, 5.41) is 11.8. The van der Waals surface area contributed by atoms with Crippen LogP contribution in [0.1, 0.15) is 30.0 Å². The van der Waals surface area contributed by atoms with Gasteiger partial charge in [0, 0.05) is 34.6 Å². The predicted molar refractivity (Wildman–Crippen MR) is 99.6 cm³/mol. The second-order valence-electron chi connectivity index (χ2n) is 7.52. The smallest absolute Gasteiger partial charge is 0.255 e. The maximum Gasteiger partial charge on any atom is 0.255 e. The van der Waals surface area contributed by atoms with Crippen molar-refractivity contribution >= 4 is 16.7 Å². The standard InChI is InChI=1S/C21H16N2O5/c1-2-21(26)13-6-15-19-11(8-23(15)20(25)12(13)5-18(21)24)3-10-4-16-17(28-9-27-16)7-14(10)22-19/h3-4,6-7,26H,2,5,8-9H2,1H3. The number of aliphatic hydroxyl groups is 1. The second kappa shape index (κ2) is 4.99. The number of aromatic nitrogens is 2. The molecule has 4 heterocycles. The van der Waals surface area contributed by atoms with Crippen molar-refractivity contribution in [3.8, 4) is 22.9 Å². The molecule has 0 spiro atoms. The lowest BCUT2D eigenvalue weighted by atomic mass is 9.92. The van der Waals surface area contributed by atoms with E-state index in [1.165, 1.54) is 0 Å². The lowest BCUT2D eigenvalue weighted by Crippen LogP contribution is -2.31. The van der Waals surface area contributed by atoms with Gasteiger partial charge in [0.1, 0.15) is 5.60 Å². The van der Waals surface area contributed by atoms with Crippen molar-refractivity contribution in [1.82, 2.24) is 9.55 Å². The van der Waals surface area contributed by atoms with Crippen LogP contribution in [0.2, 0.25) is 0 Å². The Hall–Kier alpha value is -3.19. The lowest BCUT2D eigenvalue weighted by Gasteiger charge is -2.20. The Kier molecular flexibility index (Phi) is 2.82. The zero-order valence-electron chi connectivity index (χ0n) is 15.1. The monoisotopic (exact) mass is 376 g/mol. The van der Waals surface area contributed by atoms with Crippen molar-refractivity contribution in [3.63, 3.8) is 0 Å². The number of Topliss-reactive ketones (excluding diaryl/α,β-unsaturated/α-hetero) is 1. The summed E-state index contributed by atoms with van der Waals surface area (Å²) < 4.78 is 12.5. The molecule has 1 aromatic carbocycles. The van der Waals surface area contributed by atoms with E-state index in [1.54, 1.807) is 17.6 Å². The highest BCUT2D eigenvalue weighted by Crippen LogP contribution is 2.41. The van der Waals surface area contributed by atoms with Crippen LogP contribution in [0.25, 0.3) is 22.3 Å². The van der Waals surface area contributed by atoms with Crippen LogP contribution < -0.4 is 15.0 Å². The molecule has 7 nitrogen and oxygen atoms in total. The highest BCUT2D eigenvalue weighted by atomic mass is 16.7. The van der Waals surface area contributed by atoms with Crippen molar-refractivity contribution in [2.24, 2.45) is 0 Å². The Bertz CT molecular complexity index is 1290. The van der Waals surface area contributed by atoms with Crippen molar-refractivity contribution in [2.45, 2.75) is 31.9 Å². The van der Waals surface area contributed by atoms with Gasteiger partial charge >= 0.3 is 0 Å². The minimum atomic E-state index is -1.59. The fourth-order valence-corrected chi connectivity index (χ4v) is 4.55. The molecule has 3 aromatic rings. The molecule has 1 unspecified atom stereocenters. The Morgan fingerprint density at radius 3 is 2.75 bits per heavy atom. The van der Waals surface area contributed by atoms with Crippen molar-refractivity contribution in [3.05, 3.63) is 51.3 Å². The van der Waals surface area contributed by atoms with Crippen LogP contribution in [-0.4, -0.2) is 27.2 Å². The van der Waals surface area contributed by atoms with Gasteiger partial charge in [-0.25, -0.2) is 4.98 Å². The van der Waals surface area contributed by atoms with Gasteiger partial charge in [0.05, 0.1) is 23.4 Å². The number of rotatable bonds is 1. The van der Waals surface area contributed by atoms with Crippen LogP contribution >= 0.6 is 0 Å². The number of nitrogens with zero attached hydrogens (tertiary/aromatic N) is 2. The van der Waals surface area contributed by atoms with Gasteiger partial charge in [-0.1, -0.05) is 6.92 Å². The maximum atomic E-state index is 13.1. The van der Waals surface area contributed by atoms with E-state index in [-0.39, 0.29) is 31.0 Å². The van der Waals surface area contributed by atoms with E-state index in [0.717, 1.165) is 16.5 Å². The zero-order chi connectivity index (χ0) is 19.2. The van der Waals surface area contributed by atoms with E-state index in [1.807, 2.05) is 18.2 Å². The van der Waals surface area contributed by atoms with E-state index in [4.69, 9.17) is 14.5 Å². The zero-order valence-corrected chi connectivity index (χ0v) is 15.1. The van der Waals surface area contributed by atoms with E-state index >= 15 is 0 Å². The molecule has 0 radical (unpaired) electrons. The van der Waals surface area contributed by atoms with E-state index in [9.17, 15) is 14.7 Å². The molecule has 7 heteroatoms. The molecule has 1 atom stereocenters. The van der Waals surface area contributed by atoms with Gasteiger partial charge < -0.3 is 19.1 Å². The van der Waals surface area contributed by atoms with Gasteiger partial charge in [-0.3, -0.25) is 9.59 Å². The van der Waals surface area contributed by atoms with Crippen molar-refractivity contribution in [2.75, 3.05) is 6.79 Å². The molecule has 0 fully saturated rings. The number of benzene rings is 1. The quantitative estimate of drug-likeness (QED) is 0.545. The first-order valence-corrected chi connectivity index (χ1v) is 9.26. The summed E-state index contributed by atoms with van der Waals surface area (Å²) in [7, 11) is 0. The molecule has 0 saturated heterocycles. The fourth-order valence-electron chi connectivity index (χ4n) is 4.55. The maximum absolute atomic E-state index is 13.1. The third-order valence-electron chi connectivity index (χ3n) is 6.12. The third-order valence-corrected chi connectivity index (χ3v) is 6.12. The van der Waals surface area contributed by atoms with Crippen molar-refractivity contribution in [1.29, 1.82) is 0 Å². The molecule has 28 heavy (non-hydrogen) atoms. The van der Waals surface area contributed by atoms with Crippen LogP contribution in [0.4, 0.5) is 0 Å². The molecule has 2 aliphatic heterocycles. The SMILES string of the molecule is CCC1(O)C(=O)Cc2c1cc1n(c2=O)Cc2cc3cc4c(cc3nc2-1)OCO4. The first-order valence-electron chi connectivity index (χ1n) is 9.26. The average molecular weight is 376 g/mol. The first-order chi connectivity index (χ1) is 13.5. The number of carbonyl (C=O) groups excluding carboxylic acids is 1. The van der Waals surface area contributed by atoms with Crippen LogP contribution in [-0.2, 0) is 23.4 Å². The molecule has 140 valence electrons. The second-order valence-corrected chi connectivity index (χ2v) is 7.52. The molecule has 3 aliphatic rings. The van der Waals surface area contributed by atoms with Crippen LogP contribution in [0.3, 0.4) is 0 Å². The third kappa shape index (κ3) is 1.79. The topological polar surface area (TPSA) is 90.7 Å². The van der Waals surface area contributed by atoms with Gasteiger partial charge in [-0.2, -0.15) is 0 Å². The minimum Gasteiger partial charge on any atom is -0.454 e. The highest BCUT2D eigenvalue weighted by molar-refractivity contribution is 5.95. The predicted octanol–water partition coefficient (Wildman–Crippen LogP) is 1.88. The molecule has 0 saturated carbocycles. The molecule has 1 aliphatic carbocycles. The van der Waals surface area contributed by atoms with Gasteiger partial charge in [0.2, 0.25) is 6.79 Å². The average Bonchev–Trinajstić information content (AvgIpc) is 3.35. The normalized spacial score (nSPS) is 21.1. The van der Waals surface area contributed by atoms with Gasteiger partial charge in [0.25, 0.3) is 5.56 Å². The summed E-state index contributed by atoms with van der Waals surface area (Å²) in [6.45, 7) is 2.34. The lowest BCUT2D eigenvalue weighted by molar-refractivity contribution is -0.136. The van der Waals surface area contributed by atoms with E-state index in [0.29, 0.717) is 40.6 Å². The molecule has 1 N–H and O–H groups in total. The molecular formula is C21H16N2O5. The summed E-state index contributed by atoms with van der Waals surface area (Å²) in [6, 6.07) is 7.50. The molecular weight excluding hydrogens is 360 g/mol. The molecule has 0 amide bonds. The number of hydrogen-bond donors (Lipinski definition) is 1. The minimum absolute atomic E-state index is 0.0219. The Balaban J connectivity index is 1.61. The summed E-state index contributed by atoms with van der Waals surface area (Å²) in [5.74, 6) is 1.02. The van der Waals surface area contributed by atoms with Crippen molar-refractivity contribution < 1.29 is 19.4 Å². The largest absolute Gasteiger partial charge is 0.454 e. The summed E-state index contributed by atoms with van der Waals surface area (Å²) in [4.78, 5) is 30.2. The summed E-state index contributed by atoms with van der Waals surface area (Å²) in [6.07, 6.45) is 0.217. The number of ether oxygens (including phenoxy) is 2. The summed E-state index contributed by atoms with van der Waals surface area (Å²) in [5.41, 5.74) is 2.03. The fraction of sp³-hybridized carbons (Fsp3) is 0.286.